The van der Waals surface area contributed by atoms with Crippen molar-refractivity contribution in [2.45, 2.75) is 44.8 Å². The van der Waals surface area contributed by atoms with Crippen LogP contribution in [-0.4, -0.2) is 39.1 Å². The van der Waals surface area contributed by atoms with Gasteiger partial charge in [-0.2, -0.15) is 13.2 Å². The van der Waals surface area contributed by atoms with E-state index in [1.807, 2.05) is 0 Å². The molecule has 0 bridgehead atoms. The predicted octanol–water partition coefficient (Wildman–Crippen LogP) is 3.48. The van der Waals surface area contributed by atoms with Crippen molar-refractivity contribution in [2.24, 2.45) is 11.7 Å². The highest BCUT2D eigenvalue weighted by Crippen LogP contribution is 2.42. The SMILES string of the molecule is CCOc1nn(CC2CCC(F)(F)C2)c(C(=O)Nc2ccnc(C(N)=O)c2)c1C(F)(F)F. The van der Waals surface area contributed by atoms with Gasteiger partial charge in [0.2, 0.25) is 11.8 Å². The number of pyridine rings is 1. The standard InChI is InChI=1S/C19H20F5N5O3/c1-2-32-17-13(19(22,23)24)14(29(28-17)9-10-3-5-18(20,21)8-10)16(31)27-11-4-6-26-12(7-11)15(25)30/h4,6-7,10H,2-3,5,8-9H2,1H3,(H2,25,30)(H,26,27,31). The van der Waals surface area contributed by atoms with Crippen LogP contribution in [0.5, 0.6) is 5.88 Å². The lowest BCUT2D eigenvalue weighted by molar-refractivity contribution is -0.139. The van der Waals surface area contributed by atoms with Crippen LogP contribution in [0.2, 0.25) is 0 Å². The fourth-order valence-electron chi connectivity index (χ4n) is 3.57. The average Bonchev–Trinajstić information content (AvgIpc) is 3.21. The number of carbonyl (C=O) groups excluding carboxylic acids is 2. The molecule has 1 saturated carbocycles. The van der Waals surface area contributed by atoms with Crippen molar-refractivity contribution in [1.29, 1.82) is 0 Å². The van der Waals surface area contributed by atoms with Crippen molar-refractivity contribution in [1.82, 2.24) is 14.8 Å². The average molecular weight is 461 g/mol. The van der Waals surface area contributed by atoms with Crippen LogP contribution in [0.3, 0.4) is 0 Å². The van der Waals surface area contributed by atoms with E-state index in [-0.39, 0.29) is 31.0 Å². The Labute approximate surface area is 178 Å². The molecule has 13 heteroatoms. The molecule has 0 aliphatic heterocycles. The minimum Gasteiger partial charge on any atom is -0.476 e. The topological polar surface area (TPSA) is 112 Å². The fraction of sp³-hybridized carbons (Fsp3) is 0.474. The maximum Gasteiger partial charge on any atom is 0.423 e. The number of anilines is 1. The molecular formula is C19H20F5N5O3. The number of halogens is 5. The number of nitrogens with zero attached hydrogens (tertiary/aromatic N) is 3. The molecular weight excluding hydrogens is 441 g/mol. The van der Waals surface area contributed by atoms with Gasteiger partial charge in [-0.3, -0.25) is 19.3 Å². The van der Waals surface area contributed by atoms with Gasteiger partial charge >= 0.3 is 6.18 Å². The summed E-state index contributed by atoms with van der Waals surface area (Å²) in [6.45, 7) is 0.963. The summed E-state index contributed by atoms with van der Waals surface area (Å²) in [6.07, 6.45) is -4.70. The van der Waals surface area contributed by atoms with Gasteiger partial charge in [0, 0.05) is 31.3 Å². The molecule has 8 nitrogen and oxygen atoms in total. The van der Waals surface area contributed by atoms with Crippen molar-refractivity contribution < 1.29 is 36.3 Å². The molecule has 0 saturated heterocycles. The molecule has 3 rings (SSSR count). The van der Waals surface area contributed by atoms with Gasteiger partial charge in [-0.05, 0) is 31.4 Å². The molecule has 1 fully saturated rings. The summed E-state index contributed by atoms with van der Waals surface area (Å²) >= 11 is 0. The summed E-state index contributed by atoms with van der Waals surface area (Å²) < 4.78 is 74.5. The number of alkyl halides is 5. The highest BCUT2D eigenvalue weighted by molar-refractivity contribution is 6.05. The summed E-state index contributed by atoms with van der Waals surface area (Å²) in [4.78, 5) is 27.9. The first-order chi connectivity index (χ1) is 14.9. The van der Waals surface area contributed by atoms with Crippen molar-refractivity contribution in [3.8, 4) is 5.88 Å². The molecule has 32 heavy (non-hydrogen) atoms. The number of hydrogen-bond acceptors (Lipinski definition) is 5. The Hall–Kier alpha value is -3.25. The molecule has 3 N–H and O–H groups in total. The van der Waals surface area contributed by atoms with Gasteiger partial charge in [-0.15, -0.1) is 5.10 Å². The van der Waals surface area contributed by atoms with Crippen molar-refractivity contribution in [3.63, 3.8) is 0 Å². The maximum absolute atomic E-state index is 13.8. The Morgan fingerprint density at radius 3 is 2.66 bits per heavy atom. The van der Waals surface area contributed by atoms with Crippen LogP contribution in [0.15, 0.2) is 18.3 Å². The highest BCUT2D eigenvalue weighted by Gasteiger charge is 2.45. The number of carbonyl (C=O) groups is 2. The smallest absolute Gasteiger partial charge is 0.423 e. The van der Waals surface area contributed by atoms with Gasteiger partial charge < -0.3 is 15.8 Å². The number of rotatable bonds is 7. The fourth-order valence-corrected chi connectivity index (χ4v) is 3.57. The van der Waals surface area contributed by atoms with E-state index in [0.717, 1.165) is 16.9 Å². The summed E-state index contributed by atoms with van der Waals surface area (Å²) in [5.74, 6) is -6.51. The minimum atomic E-state index is -5.01. The second-order valence-electron chi connectivity index (χ2n) is 7.35. The van der Waals surface area contributed by atoms with E-state index in [0.29, 0.717) is 0 Å². The van der Waals surface area contributed by atoms with Crippen LogP contribution < -0.4 is 15.8 Å². The van der Waals surface area contributed by atoms with Crippen LogP contribution in [0.25, 0.3) is 0 Å². The second-order valence-corrected chi connectivity index (χ2v) is 7.35. The van der Waals surface area contributed by atoms with Crippen LogP contribution in [0.1, 0.15) is 52.7 Å². The largest absolute Gasteiger partial charge is 0.476 e. The first kappa shape index (κ1) is 23.4. The highest BCUT2D eigenvalue weighted by atomic mass is 19.4. The Balaban J connectivity index is 2.01. The number of amides is 2. The maximum atomic E-state index is 13.8. The van der Waals surface area contributed by atoms with Gasteiger partial charge in [-0.1, -0.05) is 0 Å². The van der Waals surface area contributed by atoms with Gasteiger partial charge in [0.05, 0.1) is 6.61 Å². The lowest BCUT2D eigenvalue weighted by Gasteiger charge is -2.15. The quantitative estimate of drug-likeness (QED) is 0.613. The summed E-state index contributed by atoms with van der Waals surface area (Å²) in [6, 6.07) is 2.34. The second kappa shape index (κ2) is 8.71. The Morgan fingerprint density at radius 1 is 1.38 bits per heavy atom. The number of ether oxygens (including phenoxy) is 1. The molecule has 2 amide bonds. The molecule has 174 valence electrons. The van der Waals surface area contributed by atoms with Crippen molar-refractivity contribution in [3.05, 3.63) is 35.3 Å². The normalized spacial score (nSPS) is 17.9. The number of nitrogens with two attached hydrogens (primary N) is 1. The van der Waals surface area contributed by atoms with E-state index in [9.17, 15) is 31.5 Å². The van der Waals surface area contributed by atoms with E-state index in [1.54, 1.807) is 0 Å². The lowest BCUT2D eigenvalue weighted by atomic mass is 10.1. The van der Waals surface area contributed by atoms with Gasteiger partial charge in [-0.25, -0.2) is 8.78 Å². The van der Waals surface area contributed by atoms with Gasteiger partial charge in [0.1, 0.15) is 17.0 Å². The number of nitrogens with one attached hydrogen (secondary N) is 1. The molecule has 0 aromatic carbocycles. The Morgan fingerprint density at radius 2 is 2.09 bits per heavy atom. The zero-order chi connectivity index (χ0) is 23.7. The van der Waals surface area contributed by atoms with Gasteiger partial charge in [0.25, 0.3) is 11.8 Å². The molecule has 2 aromatic heterocycles. The molecule has 1 aliphatic rings. The number of primary amides is 1. The number of aromatic nitrogens is 3. The third-order valence-electron chi connectivity index (χ3n) is 4.91. The Bertz CT molecular complexity index is 1020. The van der Waals surface area contributed by atoms with Crippen LogP contribution >= 0.6 is 0 Å². The van der Waals surface area contributed by atoms with Crippen LogP contribution in [0.4, 0.5) is 27.6 Å². The zero-order valence-corrected chi connectivity index (χ0v) is 16.9. The summed E-state index contributed by atoms with van der Waals surface area (Å²) in [5.41, 5.74) is 2.58. The first-order valence-corrected chi connectivity index (χ1v) is 9.67. The molecule has 1 unspecified atom stereocenters. The molecule has 1 atom stereocenters. The Kier molecular flexibility index (Phi) is 6.37. The van der Waals surface area contributed by atoms with Crippen molar-refractivity contribution >= 4 is 17.5 Å². The van der Waals surface area contributed by atoms with E-state index >= 15 is 0 Å². The summed E-state index contributed by atoms with van der Waals surface area (Å²) in [5, 5.41) is 6.02. The third-order valence-corrected chi connectivity index (χ3v) is 4.91. The van der Waals surface area contributed by atoms with E-state index < -0.39 is 59.8 Å². The molecule has 1 aliphatic carbocycles. The molecule has 2 heterocycles. The lowest BCUT2D eigenvalue weighted by Crippen LogP contribution is -2.24. The third kappa shape index (κ3) is 5.14. The zero-order valence-electron chi connectivity index (χ0n) is 16.9. The van der Waals surface area contributed by atoms with E-state index in [1.165, 1.54) is 13.0 Å². The predicted molar refractivity (Wildman–Crippen MR) is 101 cm³/mol. The van der Waals surface area contributed by atoms with Crippen LogP contribution in [0, 0.1) is 5.92 Å². The van der Waals surface area contributed by atoms with E-state index in [4.69, 9.17) is 10.5 Å². The monoisotopic (exact) mass is 461 g/mol. The molecule has 0 spiro atoms. The summed E-state index contributed by atoms with van der Waals surface area (Å²) in [7, 11) is 0. The molecule has 2 aromatic rings. The minimum absolute atomic E-state index is 0.0370. The number of hydrogen-bond donors (Lipinski definition) is 2. The molecule has 0 radical (unpaired) electrons. The first-order valence-electron chi connectivity index (χ1n) is 9.67. The van der Waals surface area contributed by atoms with E-state index in [2.05, 4.69) is 15.4 Å². The van der Waals surface area contributed by atoms with Gasteiger partial charge in [0.15, 0.2) is 0 Å². The van der Waals surface area contributed by atoms with Crippen LogP contribution in [-0.2, 0) is 12.7 Å². The van der Waals surface area contributed by atoms with Crippen molar-refractivity contribution in [2.75, 3.05) is 11.9 Å².